The van der Waals surface area contributed by atoms with E-state index in [1.54, 1.807) is 36.1 Å². The summed E-state index contributed by atoms with van der Waals surface area (Å²) in [5, 5.41) is 4.26. The number of ether oxygens (including phenoxy) is 2. The molecule has 0 radical (unpaired) electrons. The molecule has 0 amide bonds. The molecule has 4 aromatic rings. The highest BCUT2D eigenvalue weighted by molar-refractivity contribution is 9.10. The van der Waals surface area contributed by atoms with Crippen LogP contribution < -0.4 is 4.74 Å². The highest BCUT2D eigenvalue weighted by atomic mass is 79.9. The summed E-state index contributed by atoms with van der Waals surface area (Å²) in [6.45, 7) is 1.96. The van der Waals surface area contributed by atoms with E-state index in [2.05, 4.69) is 30.7 Å². The fourth-order valence-electron chi connectivity index (χ4n) is 3.77. The van der Waals surface area contributed by atoms with Crippen LogP contribution in [0.2, 0.25) is 0 Å². The molecule has 2 heterocycles. The molecule has 4 rings (SSSR count). The van der Waals surface area contributed by atoms with E-state index in [9.17, 15) is 18.0 Å². The molecule has 0 spiro atoms. The quantitative estimate of drug-likeness (QED) is 0.278. The molecule has 0 aliphatic rings. The third kappa shape index (κ3) is 5.09. The lowest BCUT2D eigenvalue weighted by molar-refractivity contribution is -0.274. The van der Waals surface area contributed by atoms with Crippen LogP contribution in [0.4, 0.5) is 13.2 Å². The fourth-order valence-corrected chi connectivity index (χ4v) is 4.12. The highest BCUT2D eigenvalue weighted by Gasteiger charge is 2.31. The Balaban J connectivity index is 1.87. The van der Waals surface area contributed by atoms with Crippen LogP contribution in [-0.4, -0.2) is 38.8 Å². The van der Waals surface area contributed by atoms with Gasteiger partial charge in [0.25, 0.3) is 0 Å². The maximum atomic E-state index is 12.6. The highest BCUT2D eigenvalue weighted by Crippen LogP contribution is 2.35. The van der Waals surface area contributed by atoms with Crippen LogP contribution in [0, 0.1) is 0 Å². The average Bonchev–Trinajstić information content (AvgIpc) is 3.41. The second-order valence-corrected chi connectivity index (χ2v) is 8.43. The van der Waals surface area contributed by atoms with Crippen molar-refractivity contribution >= 4 is 21.9 Å². The smallest absolute Gasteiger partial charge is 0.464 e. The van der Waals surface area contributed by atoms with Crippen LogP contribution in [-0.2, 0) is 18.2 Å². The number of aryl methyl sites for hydroxylation is 2. The van der Waals surface area contributed by atoms with Crippen LogP contribution in [0.3, 0.4) is 0 Å². The summed E-state index contributed by atoms with van der Waals surface area (Å²) in [5.74, 6) is -0.119. The topological polar surface area (TPSA) is 71.2 Å². The third-order valence-electron chi connectivity index (χ3n) is 5.29. The Labute approximate surface area is 207 Å². The zero-order valence-corrected chi connectivity index (χ0v) is 20.5. The lowest BCUT2D eigenvalue weighted by Gasteiger charge is -2.17. The molecule has 0 saturated heterocycles. The molecular formula is C24H20BrF3N4O3. The standard InChI is InChI=1S/C24H20BrF3N4O3/c1-4-22-29-13-21(14-5-8-16(9-6-14)35-24(26,27)28)32(22)20-11-15(25)7-10-17(20)19-12-18(23(33)34-3)30-31(19)2/h5-13H,4H2,1-3H3. The average molecular weight is 549 g/mol. The van der Waals surface area contributed by atoms with Crippen LogP contribution in [0.5, 0.6) is 5.75 Å². The van der Waals surface area contributed by atoms with E-state index in [0.29, 0.717) is 23.4 Å². The summed E-state index contributed by atoms with van der Waals surface area (Å²) >= 11 is 3.52. The van der Waals surface area contributed by atoms with Crippen molar-refractivity contribution in [2.45, 2.75) is 19.7 Å². The summed E-state index contributed by atoms with van der Waals surface area (Å²) in [6, 6.07) is 12.9. The predicted octanol–water partition coefficient (Wildman–Crippen LogP) is 5.95. The molecule has 0 atom stereocenters. The first-order chi connectivity index (χ1) is 16.6. The molecular weight excluding hydrogens is 529 g/mol. The number of rotatable bonds is 6. The molecule has 0 bridgehead atoms. The molecule has 0 aliphatic heterocycles. The van der Waals surface area contributed by atoms with E-state index in [1.165, 1.54) is 19.2 Å². The van der Waals surface area contributed by atoms with Gasteiger partial charge in [-0.2, -0.15) is 5.10 Å². The van der Waals surface area contributed by atoms with Crippen molar-refractivity contribution in [3.63, 3.8) is 0 Å². The third-order valence-corrected chi connectivity index (χ3v) is 5.78. The lowest BCUT2D eigenvalue weighted by atomic mass is 10.1. The van der Waals surface area contributed by atoms with Gasteiger partial charge >= 0.3 is 12.3 Å². The summed E-state index contributed by atoms with van der Waals surface area (Å²) in [6.07, 6.45) is -2.50. The summed E-state index contributed by atoms with van der Waals surface area (Å²) < 4.78 is 50.8. The summed E-state index contributed by atoms with van der Waals surface area (Å²) in [4.78, 5) is 16.6. The first-order valence-corrected chi connectivity index (χ1v) is 11.3. The molecule has 11 heteroatoms. The van der Waals surface area contributed by atoms with Gasteiger partial charge in [-0.1, -0.05) is 22.9 Å². The number of carbonyl (C=O) groups excluding carboxylic acids is 1. The SMILES string of the molecule is CCc1ncc(-c2ccc(OC(F)(F)F)cc2)n1-c1cc(Br)ccc1-c1cc(C(=O)OC)nn1C. The van der Waals surface area contributed by atoms with E-state index in [-0.39, 0.29) is 11.4 Å². The maximum Gasteiger partial charge on any atom is 0.573 e. The van der Waals surface area contributed by atoms with Crippen molar-refractivity contribution in [2.75, 3.05) is 7.11 Å². The van der Waals surface area contributed by atoms with E-state index < -0.39 is 12.3 Å². The van der Waals surface area contributed by atoms with Gasteiger partial charge in [0.05, 0.1) is 30.4 Å². The maximum absolute atomic E-state index is 12.6. The number of nitrogens with zero attached hydrogens (tertiary/aromatic N) is 4. The van der Waals surface area contributed by atoms with E-state index in [4.69, 9.17) is 4.74 Å². The fraction of sp³-hybridized carbons (Fsp3) is 0.208. The minimum absolute atomic E-state index is 0.167. The van der Waals surface area contributed by atoms with Crippen molar-refractivity contribution in [1.82, 2.24) is 19.3 Å². The van der Waals surface area contributed by atoms with E-state index in [1.807, 2.05) is 29.7 Å². The Morgan fingerprint density at radius 3 is 2.43 bits per heavy atom. The second kappa shape index (κ2) is 9.57. The van der Waals surface area contributed by atoms with Gasteiger partial charge in [0.15, 0.2) is 5.69 Å². The second-order valence-electron chi connectivity index (χ2n) is 7.51. The molecule has 0 aliphatic carbocycles. The first kappa shape index (κ1) is 24.5. The van der Waals surface area contributed by atoms with Gasteiger partial charge in [0, 0.05) is 29.1 Å². The zero-order valence-electron chi connectivity index (χ0n) is 18.9. The Hall–Kier alpha value is -3.60. The monoisotopic (exact) mass is 548 g/mol. The van der Waals surface area contributed by atoms with Crippen LogP contribution in [0.1, 0.15) is 23.2 Å². The van der Waals surface area contributed by atoms with Crippen LogP contribution in [0.25, 0.3) is 28.2 Å². The Morgan fingerprint density at radius 1 is 1.09 bits per heavy atom. The van der Waals surface area contributed by atoms with Gasteiger partial charge < -0.3 is 9.47 Å². The number of esters is 1. The van der Waals surface area contributed by atoms with Crippen molar-refractivity contribution < 1.29 is 27.4 Å². The number of halogens is 4. The Bertz CT molecular complexity index is 1380. The van der Waals surface area contributed by atoms with Gasteiger partial charge in [-0.15, -0.1) is 13.2 Å². The number of alkyl halides is 3. The normalized spacial score (nSPS) is 11.5. The molecule has 7 nitrogen and oxygen atoms in total. The number of aromatic nitrogens is 4. The molecule has 35 heavy (non-hydrogen) atoms. The molecule has 0 N–H and O–H groups in total. The molecule has 0 fully saturated rings. The van der Waals surface area contributed by atoms with Gasteiger partial charge in [-0.3, -0.25) is 9.25 Å². The number of hydrogen-bond acceptors (Lipinski definition) is 5. The van der Waals surface area contributed by atoms with Crippen molar-refractivity contribution in [3.05, 3.63) is 70.7 Å². The predicted molar refractivity (Wildman–Crippen MR) is 126 cm³/mol. The largest absolute Gasteiger partial charge is 0.573 e. The Morgan fingerprint density at radius 2 is 1.80 bits per heavy atom. The van der Waals surface area contributed by atoms with E-state index in [0.717, 1.165) is 21.5 Å². The zero-order chi connectivity index (χ0) is 25.3. The van der Waals surface area contributed by atoms with Gasteiger partial charge in [-0.05, 0) is 48.5 Å². The number of carbonyl (C=O) groups is 1. The van der Waals surface area contributed by atoms with E-state index >= 15 is 0 Å². The Kier molecular flexibility index (Phi) is 6.70. The van der Waals surface area contributed by atoms with Crippen LogP contribution in [0.15, 0.2) is 59.2 Å². The minimum atomic E-state index is -4.77. The molecule has 2 aromatic heterocycles. The summed E-state index contributed by atoms with van der Waals surface area (Å²) in [5.41, 5.74) is 3.68. The van der Waals surface area contributed by atoms with Gasteiger partial charge in [0.2, 0.25) is 0 Å². The molecule has 182 valence electrons. The van der Waals surface area contributed by atoms with Crippen molar-refractivity contribution in [1.29, 1.82) is 0 Å². The van der Waals surface area contributed by atoms with Crippen molar-refractivity contribution in [2.24, 2.45) is 7.05 Å². The first-order valence-electron chi connectivity index (χ1n) is 10.5. The molecule has 0 unspecified atom stereocenters. The number of imidazole rings is 1. The minimum Gasteiger partial charge on any atom is -0.464 e. The van der Waals surface area contributed by atoms with Crippen LogP contribution >= 0.6 is 15.9 Å². The number of hydrogen-bond donors (Lipinski definition) is 0. The summed E-state index contributed by atoms with van der Waals surface area (Å²) in [7, 11) is 3.01. The molecule has 0 saturated carbocycles. The van der Waals surface area contributed by atoms with Gasteiger partial charge in [-0.25, -0.2) is 9.78 Å². The van der Waals surface area contributed by atoms with Gasteiger partial charge in [0.1, 0.15) is 11.6 Å². The van der Waals surface area contributed by atoms with Crippen molar-refractivity contribution in [3.8, 4) is 34.0 Å². The number of benzene rings is 2. The number of methoxy groups -OCH3 is 1. The lowest BCUT2D eigenvalue weighted by Crippen LogP contribution is -2.16. The molecule has 2 aromatic carbocycles.